The van der Waals surface area contributed by atoms with Crippen molar-refractivity contribution in [3.8, 4) is 0 Å². The van der Waals surface area contributed by atoms with Gasteiger partial charge in [-0.05, 0) is 38.5 Å². The summed E-state index contributed by atoms with van der Waals surface area (Å²) >= 11 is 0. The summed E-state index contributed by atoms with van der Waals surface area (Å²) in [6, 6.07) is 0. The van der Waals surface area contributed by atoms with Crippen LogP contribution in [0.5, 0.6) is 0 Å². The molecule has 1 aliphatic carbocycles. The molecule has 0 aromatic rings. The van der Waals surface area contributed by atoms with E-state index in [1.54, 1.807) is 0 Å². The Morgan fingerprint density at radius 1 is 0.580 bits per heavy atom. The molecule has 0 bridgehead atoms. The molecule has 0 saturated heterocycles. The van der Waals surface area contributed by atoms with Crippen molar-refractivity contribution in [3.05, 3.63) is 12.2 Å². The summed E-state index contributed by atoms with van der Waals surface area (Å²) in [7, 11) is 0. The first-order chi connectivity index (χ1) is 24.2. The maximum atomic E-state index is 13.4. The van der Waals surface area contributed by atoms with Crippen molar-refractivity contribution in [2.24, 2.45) is 0 Å². The maximum absolute atomic E-state index is 13.4. The predicted molar refractivity (Wildman–Crippen MR) is 204 cm³/mol. The molecule has 3 N–H and O–H groups in total. The number of rotatable bonds is 35. The smallest absolute Gasteiger partial charge is 0.220 e. The van der Waals surface area contributed by atoms with Gasteiger partial charge < -0.3 is 15.3 Å². The lowest BCUT2D eigenvalue weighted by Crippen LogP contribution is -2.72. The second kappa shape index (κ2) is 28.8. The van der Waals surface area contributed by atoms with Crippen molar-refractivity contribution in [2.45, 2.75) is 237 Å². The van der Waals surface area contributed by atoms with E-state index in [1.807, 2.05) is 0 Å². The van der Waals surface area contributed by atoms with Gasteiger partial charge in [-0.25, -0.2) is 0 Å². The van der Waals surface area contributed by atoms with Crippen LogP contribution in [-0.4, -0.2) is 55.8 Å². The van der Waals surface area contributed by atoms with E-state index < -0.39 is 40.4 Å². The molecule has 290 valence electrons. The molecule has 0 aromatic carbocycles. The van der Waals surface area contributed by atoms with Crippen LogP contribution in [0, 0.1) is 0 Å². The number of aliphatic hydroxyl groups is 3. The lowest BCUT2D eigenvalue weighted by molar-refractivity contribution is -0.202. The zero-order chi connectivity index (χ0) is 36.9. The molecule has 50 heavy (non-hydrogen) atoms. The van der Waals surface area contributed by atoms with E-state index in [-0.39, 0.29) is 25.7 Å². The van der Waals surface area contributed by atoms with Gasteiger partial charge in [0.25, 0.3) is 0 Å². The number of ketones is 4. The SMILES string of the molecule is CCCCCCCC/C=C/CCCCCCCC(=O)C(O)(C(O)C(=O)CCCCCCCCCCCCCCCCC)C1(O)C(=O)CCC1=O. The van der Waals surface area contributed by atoms with Crippen LogP contribution in [0.25, 0.3) is 0 Å². The molecule has 0 aromatic heterocycles. The fraction of sp³-hybridized carbons (Fsp3) is 0.860. The van der Waals surface area contributed by atoms with E-state index in [4.69, 9.17) is 0 Å². The number of hydrogen-bond acceptors (Lipinski definition) is 7. The van der Waals surface area contributed by atoms with Gasteiger partial charge in [-0.15, -0.1) is 0 Å². The van der Waals surface area contributed by atoms with Crippen LogP contribution < -0.4 is 0 Å². The van der Waals surface area contributed by atoms with Crippen LogP contribution in [0.15, 0.2) is 12.2 Å². The highest BCUT2D eigenvalue weighted by atomic mass is 16.4. The molecule has 7 heteroatoms. The predicted octanol–water partition coefficient (Wildman–Crippen LogP) is 10.2. The van der Waals surface area contributed by atoms with Gasteiger partial charge in [0, 0.05) is 25.7 Å². The molecule has 0 radical (unpaired) electrons. The van der Waals surface area contributed by atoms with E-state index in [1.165, 1.54) is 103 Å². The maximum Gasteiger partial charge on any atom is 0.220 e. The van der Waals surface area contributed by atoms with Crippen molar-refractivity contribution < 1.29 is 34.5 Å². The molecule has 0 amide bonds. The number of allylic oxidation sites excluding steroid dienone is 2. The Morgan fingerprint density at radius 2 is 0.900 bits per heavy atom. The molecule has 0 aliphatic heterocycles. The normalized spacial score (nSPS) is 16.3. The average molecular weight is 705 g/mol. The first-order valence-corrected chi connectivity index (χ1v) is 21.1. The van der Waals surface area contributed by atoms with Crippen molar-refractivity contribution in [2.75, 3.05) is 0 Å². The monoisotopic (exact) mass is 705 g/mol. The van der Waals surface area contributed by atoms with Crippen molar-refractivity contribution >= 4 is 23.1 Å². The van der Waals surface area contributed by atoms with Gasteiger partial charge in [0.2, 0.25) is 5.60 Å². The summed E-state index contributed by atoms with van der Waals surface area (Å²) in [5, 5.41) is 33.7. The van der Waals surface area contributed by atoms with Crippen LogP contribution in [-0.2, 0) is 19.2 Å². The standard InChI is InChI=1S/C43H76O7/c1-3-5-7-9-11-13-15-17-19-21-23-25-27-29-31-33-37(44)41(48)43(50,42(49)39(46)35-36-40(42)47)38(45)34-32-30-28-26-24-22-20-18-16-14-12-10-8-6-4-2/h18,20,41,48-50H,3-17,19,21-36H2,1-2H3/b20-18+. The Kier molecular flexibility index (Phi) is 26.7. The van der Waals surface area contributed by atoms with Gasteiger partial charge in [-0.2, -0.15) is 0 Å². The minimum atomic E-state index is -3.16. The third-order valence-corrected chi connectivity index (χ3v) is 10.8. The Bertz CT molecular complexity index is 941. The highest BCUT2D eigenvalue weighted by Crippen LogP contribution is 2.38. The number of carbonyl (C=O) groups excluding carboxylic acids is 4. The minimum Gasteiger partial charge on any atom is -0.382 e. The number of carbonyl (C=O) groups is 4. The number of aliphatic hydroxyl groups excluding tert-OH is 1. The molecule has 1 saturated carbocycles. The molecule has 7 nitrogen and oxygen atoms in total. The second-order valence-corrected chi connectivity index (χ2v) is 15.1. The summed E-state index contributed by atoms with van der Waals surface area (Å²) in [5.41, 5.74) is -6.25. The number of hydrogen-bond donors (Lipinski definition) is 3. The number of Topliss-reactive ketones (excluding diaryl/α,β-unsaturated/α-hetero) is 4. The van der Waals surface area contributed by atoms with Crippen LogP contribution in [0.3, 0.4) is 0 Å². The Balaban J connectivity index is 2.40. The highest BCUT2D eigenvalue weighted by Gasteiger charge is 2.69. The van der Waals surface area contributed by atoms with E-state index in [0.29, 0.717) is 19.3 Å². The van der Waals surface area contributed by atoms with Gasteiger partial charge in [-0.1, -0.05) is 167 Å². The molecule has 0 spiro atoms. The Labute approximate surface area is 305 Å². The topological polar surface area (TPSA) is 129 Å². The first-order valence-electron chi connectivity index (χ1n) is 21.1. The Hall–Kier alpha value is -1.70. The summed E-state index contributed by atoms with van der Waals surface area (Å²) < 4.78 is 0. The Morgan fingerprint density at radius 3 is 1.28 bits per heavy atom. The molecular weight excluding hydrogens is 628 g/mol. The lowest BCUT2D eigenvalue weighted by atomic mass is 9.70. The average Bonchev–Trinajstić information content (AvgIpc) is 3.38. The van der Waals surface area contributed by atoms with Gasteiger partial charge in [0.1, 0.15) is 0 Å². The van der Waals surface area contributed by atoms with Crippen LogP contribution >= 0.6 is 0 Å². The highest BCUT2D eigenvalue weighted by molar-refractivity contribution is 6.21. The molecule has 1 aliphatic rings. The van der Waals surface area contributed by atoms with Crippen LogP contribution in [0.1, 0.15) is 219 Å². The molecule has 2 unspecified atom stereocenters. The molecule has 1 fully saturated rings. The van der Waals surface area contributed by atoms with Crippen molar-refractivity contribution in [1.29, 1.82) is 0 Å². The zero-order valence-electron chi connectivity index (χ0n) is 32.3. The van der Waals surface area contributed by atoms with Gasteiger partial charge >= 0.3 is 0 Å². The minimum absolute atomic E-state index is 0.0964. The first kappa shape index (κ1) is 46.3. The molecule has 0 heterocycles. The van der Waals surface area contributed by atoms with Crippen LogP contribution in [0.2, 0.25) is 0 Å². The fourth-order valence-corrected chi connectivity index (χ4v) is 7.31. The van der Waals surface area contributed by atoms with Gasteiger partial charge in [0.05, 0.1) is 0 Å². The zero-order valence-corrected chi connectivity index (χ0v) is 32.3. The summed E-state index contributed by atoms with van der Waals surface area (Å²) in [6.07, 6.45) is 32.6. The third-order valence-electron chi connectivity index (χ3n) is 10.8. The van der Waals surface area contributed by atoms with E-state index >= 15 is 0 Å². The molecule has 2 atom stereocenters. The fourth-order valence-electron chi connectivity index (χ4n) is 7.31. The molecule has 1 rings (SSSR count). The van der Waals surface area contributed by atoms with Gasteiger partial charge in [0.15, 0.2) is 34.8 Å². The van der Waals surface area contributed by atoms with E-state index in [9.17, 15) is 34.5 Å². The van der Waals surface area contributed by atoms with E-state index in [0.717, 1.165) is 57.8 Å². The second-order valence-electron chi connectivity index (χ2n) is 15.1. The van der Waals surface area contributed by atoms with Crippen molar-refractivity contribution in [3.63, 3.8) is 0 Å². The number of unbranched alkanes of at least 4 members (excludes halogenated alkanes) is 25. The van der Waals surface area contributed by atoms with Gasteiger partial charge in [-0.3, -0.25) is 19.2 Å². The molecular formula is C43H76O7. The third kappa shape index (κ3) is 17.2. The summed E-state index contributed by atoms with van der Waals surface area (Å²) in [4.78, 5) is 51.8. The summed E-state index contributed by atoms with van der Waals surface area (Å²) in [5.74, 6) is -3.86. The van der Waals surface area contributed by atoms with Crippen LogP contribution in [0.4, 0.5) is 0 Å². The lowest BCUT2D eigenvalue weighted by Gasteiger charge is -2.40. The quantitative estimate of drug-likeness (QED) is 0.0340. The largest absolute Gasteiger partial charge is 0.382 e. The summed E-state index contributed by atoms with van der Waals surface area (Å²) in [6.45, 7) is 4.47. The van der Waals surface area contributed by atoms with Crippen molar-refractivity contribution in [1.82, 2.24) is 0 Å². The van der Waals surface area contributed by atoms with E-state index in [2.05, 4.69) is 26.0 Å².